The summed E-state index contributed by atoms with van der Waals surface area (Å²) in [4.78, 5) is 0. The van der Waals surface area contributed by atoms with Crippen LogP contribution in [0.15, 0.2) is 40.9 Å². The Balaban J connectivity index is 2.00. The Hall–Kier alpha value is -1.39. The lowest BCUT2D eigenvalue weighted by Crippen LogP contribution is -2.31. The number of halogens is 2. The summed E-state index contributed by atoms with van der Waals surface area (Å²) in [5.74, 6) is 0.663. The predicted molar refractivity (Wildman–Crippen MR) is 85.3 cm³/mol. The van der Waals surface area contributed by atoms with Gasteiger partial charge in [-0.1, -0.05) is 24.3 Å². The molecule has 1 N–H and O–H groups in total. The molecular formula is C17H17BrFNO. The van der Waals surface area contributed by atoms with Crippen molar-refractivity contribution in [3.8, 4) is 5.75 Å². The molecule has 0 heterocycles. The molecule has 4 heteroatoms. The number of ether oxygens (including phenoxy) is 1. The number of likely N-dealkylation sites (N-methyl/N-ethyl adjacent to an activating group) is 1. The normalized spacial score (nSPS) is 17.8. The van der Waals surface area contributed by atoms with Crippen LogP contribution in [0, 0.1) is 5.82 Å². The Morgan fingerprint density at radius 2 is 2.10 bits per heavy atom. The number of hydrogen-bond donors (Lipinski definition) is 1. The Labute approximate surface area is 132 Å². The lowest BCUT2D eigenvalue weighted by atomic mass is 9.71. The average molecular weight is 350 g/mol. The van der Waals surface area contributed by atoms with Crippen molar-refractivity contribution in [2.24, 2.45) is 0 Å². The van der Waals surface area contributed by atoms with Crippen LogP contribution in [-0.2, 0) is 6.42 Å². The fourth-order valence-corrected chi connectivity index (χ4v) is 3.49. The fourth-order valence-electron chi connectivity index (χ4n) is 3.13. The zero-order valence-electron chi connectivity index (χ0n) is 12.0. The van der Waals surface area contributed by atoms with Crippen molar-refractivity contribution in [3.63, 3.8) is 0 Å². The highest BCUT2D eigenvalue weighted by Crippen LogP contribution is 2.46. The SMILES string of the molecule is CNC(c1cc(Br)c(F)cc1OC)C1Cc2ccccc21. The van der Waals surface area contributed by atoms with Gasteiger partial charge in [0.15, 0.2) is 0 Å². The first kappa shape index (κ1) is 14.5. The van der Waals surface area contributed by atoms with Gasteiger partial charge in [0.05, 0.1) is 11.6 Å². The van der Waals surface area contributed by atoms with Crippen molar-refractivity contribution in [1.82, 2.24) is 5.32 Å². The van der Waals surface area contributed by atoms with E-state index in [2.05, 4.69) is 45.5 Å². The Bertz CT molecular complexity index is 674. The fraction of sp³-hybridized carbons (Fsp3) is 0.294. The van der Waals surface area contributed by atoms with E-state index in [4.69, 9.17) is 4.74 Å². The molecule has 2 aromatic rings. The maximum atomic E-state index is 13.7. The van der Waals surface area contributed by atoms with Crippen LogP contribution in [0.25, 0.3) is 0 Å². The first-order valence-electron chi connectivity index (χ1n) is 6.93. The van der Waals surface area contributed by atoms with Crippen LogP contribution in [0.4, 0.5) is 4.39 Å². The van der Waals surface area contributed by atoms with Crippen molar-refractivity contribution in [1.29, 1.82) is 0 Å². The summed E-state index contributed by atoms with van der Waals surface area (Å²) in [6.07, 6.45) is 1.03. The van der Waals surface area contributed by atoms with Crippen molar-refractivity contribution in [3.05, 3.63) is 63.4 Å². The number of benzene rings is 2. The number of nitrogens with one attached hydrogen (secondary N) is 1. The van der Waals surface area contributed by atoms with Gasteiger partial charge < -0.3 is 10.1 Å². The summed E-state index contributed by atoms with van der Waals surface area (Å²) >= 11 is 3.27. The van der Waals surface area contributed by atoms with Crippen LogP contribution in [0.3, 0.4) is 0 Å². The molecule has 0 amide bonds. The van der Waals surface area contributed by atoms with Gasteiger partial charge in [-0.25, -0.2) is 4.39 Å². The molecule has 1 aliphatic rings. The van der Waals surface area contributed by atoms with Crippen LogP contribution in [-0.4, -0.2) is 14.2 Å². The summed E-state index contributed by atoms with van der Waals surface area (Å²) < 4.78 is 19.5. The molecule has 0 spiro atoms. The molecule has 2 unspecified atom stereocenters. The smallest absolute Gasteiger partial charge is 0.141 e. The molecule has 2 aromatic carbocycles. The molecule has 1 aliphatic carbocycles. The molecular weight excluding hydrogens is 333 g/mol. The van der Waals surface area contributed by atoms with E-state index in [-0.39, 0.29) is 11.9 Å². The van der Waals surface area contributed by atoms with Gasteiger partial charge in [-0.05, 0) is 46.6 Å². The van der Waals surface area contributed by atoms with Gasteiger partial charge in [0, 0.05) is 23.6 Å². The van der Waals surface area contributed by atoms with Crippen LogP contribution in [0.5, 0.6) is 5.75 Å². The van der Waals surface area contributed by atoms with Crippen LogP contribution < -0.4 is 10.1 Å². The van der Waals surface area contributed by atoms with Crippen molar-refractivity contribution in [2.75, 3.05) is 14.2 Å². The summed E-state index contributed by atoms with van der Waals surface area (Å²) in [5, 5.41) is 3.36. The highest BCUT2D eigenvalue weighted by molar-refractivity contribution is 9.10. The van der Waals surface area contributed by atoms with Gasteiger partial charge in [-0.3, -0.25) is 0 Å². The molecule has 3 rings (SSSR count). The van der Waals surface area contributed by atoms with Gasteiger partial charge in [0.1, 0.15) is 11.6 Å². The Kier molecular flexibility index (Phi) is 4.00. The van der Waals surface area contributed by atoms with Crippen molar-refractivity contribution >= 4 is 15.9 Å². The first-order valence-corrected chi connectivity index (χ1v) is 7.73. The van der Waals surface area contributed by atoms with Crippen molar-refractivity contribution < 1.29 is 9.13 Å². The van der Waals surface area contributed by atoms with E-state index >= 15 is 0 Å². The minimum atomic E-state index is -0.306. The molecule has 110 valence electrons. The number of hydrogen-bond acceptors (Lipinski definition) is 2. The number of rotatable bonds is 4. The molecule has 0 saturated carbocycles. The van der Waals surface area contributed by atoms with Gasteiger partial charge >= 0.3 is 0 Å². The second-order valence-corrected chi connectivity index (χ2v) is 6.14. The summed E-state index contributed by atoms with van der Waals surface area (Å²) in [7, 11) is 3.51. The lowest BCUT2D eigenvalue weighted by molar-refractivity contribution is 0.378. The summed E-state index contributed by atoms with van der Waals surface area (Å²) in [5.41, 5.74) is 3.73. The maximum Gasteiger partial charge on any atom is 0.141 e. The van der Waals surface area contributed by atoms with Gasteiger partial charge in [-0.15, -0.1) is 0 Å². The number of methoxy groups -OCH3 is 1. The monoisotopic (exact) mass is 349 g/mol. The second-order valence-electron chi connectivity index (χ2n) is 5.28. The summed E-state index contributed by atoms with van der Waals surface area (Å²) in [6.45, 7) is 0. The molecule has 0 aromatic heterocycles. The molecule has 0 bridgehead atoms. The van der Waals surface area contributed by atoms with Crippen molar-refractivity contribution in [2.45, 2.75) is 18.4 Å². The minimum Gasteiger partial charge on any atom is -0.496 e. The van der Waals surface area contributed by atoms with Gasteiger partial charge in [-0.2, -0.15) is 0 Å². The molecule has 0 aliphatic heterocycles. The number of fused-ring (bicyclic) bond motifs is 1. The minimum absolute atomic E-state index is 0.103. The van der Waals surface area contributed by atoms with E-state index in [9.17, 15) is 4.39 Å². The van der Waals surface area contributed by atoms with E-state index < -0.39 is 0 Å². The third kappa shape index (κ3) is 2.47. The largest absolute Gasteiger partial charge is 0.496 e. The van der Waals surface area contributed by atoms with Gasteiger partial charge in [0.25, 0.3) is 0 Å². The third-order valence-corrected chi connectivity index (χ3v) is 4.82. The zero-order chi connectivity index (χ0) is 15.0. The van der Waals surface area contributed by atoms with Crippen LogP contribution in [0.2, 0.25) is 0 Å². The van der Waals surface area contributed by atoms with Crippen LogP contribution >= 0.6 is 15.9 Å². The zero-order valence-corrected chi connectivity index (χ0v) is 13.6. The predicted octanol–water partition coefficient (Wildman–Crippen LogP) is 4.20. The standard InChI is InChI=1S/C17H17BrFNO/c1-20-17(12-7-10-5-3-4-6-11(10)12)13-8-14(18)15(19)9-16(13)21-2/h3-6,8-9,12,17,20H,7H2,1-2H3. The molecule has 21 heavy (non-hydrogen) atoms. The van der Waals surface area contributed by atoms with E-state index in [1.165, 1.54) is 17.2 Å². The van der Waals surface area contributed by atoms with Crippen LogP contribution in [0.1, 0.15) is 28.7 Å². The molecule has 2 atom stereocenters. The maximum absolute atomic E-state index is 13.7. The third-order valence-electron chi connectivity index (χ3n) is 4.22. The molecule has 0 radical (unpaired) electrons. The first-order chi connectivity index (χ1) is 10.2. The molecule has 0 fully saturated rings. The van der Waals surface area contributed by atoms with E-state index in [1.54, 1.807) is 7.11 Å². The topological polar surface area (TPSA) is 21.3 Å². The highest BCUT2D eigenvalue weighted by atomic mass is 79.9. The van der Waals surface area contributed by atoms with E-state index in [1.807, 2.05) is 13.1 Å². The van der Waals surface area contributed by atoms with E-state index in [0.29, 0.717) is 16.1 Å². The average Bonchev–Trinajstić information content (AvgIpc) is 2.47. The quantitative estimate of drug-likeness (QED) is 0.893. The Morgan fingerprint density at radius 3 is 2.76 bits per heavy atom. The molecule has 0 saturated heterocycles. The molecule has 2 nitrogen and oxygen atoms in total. The second kappa shape index (κ2) is 5.78. The lowest BCUT2D eigenvalue weighted by Gasteiger charge is -2.37. The summed E-state index contributed by atoms with van der Waals surface area (Å²) in [6, 6.07) is 11.8. The highest BCUT2D eigenvalue weighted by Gasteiger charge is 2.34. The van der Waals surface area contributed by atoms with E-state index in [0.717, 1.165) is 12.0 Å². The van der Waals surface area contributed by atoms with Gasteiger partial charge in [0.2, 0.25) is 0 Å². The Morgan fingerprint density at radius 1 is 1.33 bits per heavy atom.